The maximum Gasteiger partial charge on any atom is 0.127 e. The second-order valence-corrected chi connectivity index (χ2v) is 4.60. The Morgan fingerprint density at radius 2 is 1.79 bits per heavy atom. The molecule has 0 spiro atoms. The monoisotopic (exact) mass is 267 g/mol. The molecule has 1 heterocycles. The van der Waals surface area contributed by atoms with Crippen LogP contribution in [0, 0.1) is 11.3 Å². The van der Waals surface area contributed by atoms with Crippen LogP contribution in [0.4, 0.5) is 11.5 Å². The minimum absolute atomic E-state index is 0.616. The number of nitriles is 1. The minimum Gasteiger partial charge on any atom is -0.341 e. The molecule has 3 nitrogen and oxygen atoms in total. The van der Waals surface area contributed by atoms with E-state index >= 15 is 0 Å². The van der Waals surface area contributed by atoms with Gasteiger partial charge in [-0.05, 0) is 30.3 Å². The number of hydrogen-bond donors (Lipinski definition) is 2. The summed E-state index contributed by atoms with van der Waals surface area (Å²) >= 11 is 5.85. The minimum atomic E-state index is 0.616. The maximum atomic E-state index is 9.30. The Kier molecular flexibility index (Phi) is 2.86. The molecule has 3 aromatic rings. The van der Waals surface area contributed by atoms with Crippen LogP contribution in [0.1, 0.15) is 5.56 Å². The van der Waals surface area contributed by atoms with Crippen LogP contribution in [0.5, 0.6) is 0 Å². The highest BCUT2D eigenvalue weighted by Gasteiger charge is 2.10. The molecule has 0 saturated heterocycles. The van der Waals surface area contributed by atoms with Gasteiger partial charge >= 0.3 is 0 Å². The van der Waals surface area contributed by atoms with E-state index in [4.69, 9.17) is 11.6 Å². The SMILES string of the molecule is N#Cc1c(Nc2ccc(Cl)cc2)[nH]c2ccccc12. The first-order valence-electron chi connectivity index (χ1n) is 5.81. The van der Waals surface area contributed by atoms with Gasteiger partial charge in [-0.2, -0.15) is 5.26 Å². The molecule has 3 rings (SSSR count). The molecule has 0 atom stereocenters. The number of aromatic amines is 1. The lowest BCUT2D eigenvalue weighted by atomic mass is 10.2. The van der Waals surface area contributed by atoms with Crippen LogP contribution >= 0.6 is 11.6 Å². The summed E-state index contributed by atoms with van der Waals surface area (Å²) in [6.45, 7) is 0. The van der Waals surface area contributed by atoms with E-state index < -0.39 is 0 Å². The molecule has 4 heteroatoms. The average Bonchev–Trinajstić information content (AvgIpc) is 2.78. The largest absolute Gasteiger partial charge is 0.341 e. The standard InChI is InChI=1S/C15H10ClN3/c16-10-5-7-11(8-6-10)18-15-13(9-17)12-3-1-2-4-14(12)19-15/h1-8,18-19H. The molecule has 92 valence electrons. The van der Waals surface area contributed by atoms with Crippen molar-refractivity contribution in [2.45, 2.75) is 0 Å². The zero-order valence-electron chi connectivity index (χ0n) is 9.94. The van der Waals surface area contributed by atoms with E-state index in [9.17, 15) is 5.26 Å². The smallest absolute Gasteiger partial charge is 0.127 e. The van der Waals surface area contributed by atoms with Gasteiger partial charge in [-0.1, -0.05) is 29.8 Å². The Balaban J connectivity index is 2.05. The van der Waals surface area contributed by atoms with Gasteiger partial charge in [0.05, 0.1) is 0 Å². The molecule has 0 bridgehead atoms. The van der Waals surface area contributed by atoms with Crippen molar-refractivity contribution in [2.24, 2.45) is 0 Å². The summed E-state index contributed by atoms with van der Waals surface area (Å²) in [6.07, 6.45) is 0. The molecule has 19 heavy (non-hydrogen) atoms. The lowest BCUT2D eigenvalue weighted by molar-refractivity contribution is 1.40. The van der Waals surface area contributed by atoms with Crippen molar-refractivity contribution in [1.29, 1.82) is 5.26 Å². The zero-order valence-corrected chi connectivity index (χ0v) is 10.7. The number of hydrogen-bond acceptors (Lipinski definition) is 2. The van der Waals surface area contributed by atoms with Crippen LogP contribution in [0.15, 0.2) is 48.5 Å². The van der Waals surface area contributed by atoms with Crippen LogP contribution in [0.25, 0.3) is 10.9 Å². The summed E-state index contributed by atoms with van der Waals surface area (Å²) in [5, 5.41) is 14.1. The average molecular weight is 268 g/mol. The first-order chi connectivity index (χ1) is 9.28. The van der Waals surface area contributed by atoms with Crippen molar-refractivity contribution in [3.8, 4) is 6.07 Å². The van der Waals surface area contributed by atoms with Crippen LogP contribution in [-0.4, -0.2) is 4.98 Å². The fourth-order valence-corrected chi connectivity index (χ4v) is 2.16. The van der Waals surface area contributed by atoms with Crippen LogP contribution < -0.4 is 5.32 Å². The molecule has 1 aromatic heterocycles. The number of para-hydroxylation sites is 1. The lowest BCUT2D eigenvalue weighted by Gasteiger charge is -2.04. The highest BCUT2D eigenvalue weighted by Crippen LogP contribution is 2.28. The Morgan fingerprint density at radius 1 is 1.05 bits per heavy atom. The molecule has 0 amide bonds. The van der Waals surface area contributed by atoms with Gasteiger partial charge in [0.2, 0.25) is 0 Å². The summed E-state index contributed by atoms with van der Waals surface area (Å²) in [5.74, 6) is 0.700. The number of halogens is 1. The number of aromatic nitrogens is 1. The first-order valence-corrected chi connectivity index (χ1v) is 6.19. The van der Waals surface area contributed by atoms with E-state index in [1.807, 2.05) is 36.4 Å². The quantitative estimate of drug-likeness (QED) is 0.721. The molecule has 0 aliphatic carbocycles. The summed E-state index contributed by atoms with van der Waals surface area (Å²) in [5.41, 5.74) is 2.44. The van der Waals surface area contributed by atoms with Crippen LogP contribution in [0.2, 0.25) is 5.02 Å². The fourth-order valence-electron chi connectivity index (χ4n) is 2.03. The van der Waals surface area contributed by atoms with Gasteiger partial charge in [-0.3, -0.25) is 0 Å². The molecule has 0 unspecified atom stereocenters. The molecule has 0 aliphatic heterocycles. The molecule has 0 saturated carbocycles. The third-order valence-electron chi connectivity index (χ3n) is 2.93. The summed E-state index contributed by atoms with van der Waals surface area (Å²) in [7, 11) is 0. The number of H-pyrrole nitrogens is 1. The van der Waals surface area contributed by atoms with E-state index in [1.165, 1.54) is 0 Å². The second-order valence-electron chi connectivity index (χ2n) is 4.16. The topological polar surface area (TPSA) is 51.6 Å². The first kappa shape index (κ1) is 11.6. The predicted octanol–water partition coefficient (Wildman–Crippen LogP) is 4.44. The number of fused-ring (bicyclic) bond motifs is 1. The molecule has 0 aliphatic rings. The van der Waals surface area contributed by atoms with Crippen molar-refractivity contribution in [3.05, 3.63) is 59.1 Å². The van der Waals surface area contributed by atoms with E-state index in [0.717, 1.165) is 16.6 Å². The fraction of sp³-hybridized carbons (Fsp3) is 0. The van der Waals surface area contributed by atoms with Gasteiger partial charge in [-0.25, -0.2) is 0 Å². The van der Waals surface area contributed by atoms with Gasteiger partial charge in [0.1, 0.15) is 17.5 Å². The van der Waals surface area contributed by atoms with Gasteiger partial charge in [0.15, 0.2) is 0 Å². The van der Waals surface area contributed by atoms with Crippen molar-refractivity contribution in [1.82, 2.24) is 4.98 Å². The number of nitrogens with zero attached hydrogens (tertiary/aromatic N) is 1. The maximum absolute atomic E-state index is 9.30. The van der Waals surface area contributed by atoms with Crippen molar-refractivity contribution < 1.29 is 0 Å². The number of rotatable bonds is 2. The van der Waals surface area contributed by atoms with E-state index in [1.54, 1.807) is 12.1 Å². The van der Waals surface area contributed by atoms with E-state index in [-0.39, 0.29) is 0 Å². The number of benzene rings is 2. The van der Waals surface area contributed by atoms with Crippen molar-refractivity contribution >= 4 is 34.0 Å². The number of nitrogens with one attached hydrogen (secondary N) is 2. The van der Waals surface area contributed by atoms with Gasteiger partial charge in [-0.15, -0.1) is 0 Å². The van der Waals surface area contributed by atoms with Gasteiger partial charge in [0, 0.05) is 21.6 Å². The summed E-state index contributed by atoms with van der Waals surface area (Å²) in [4.78, 5) is 3.21. The van der Waals surface area contributed by atoms with Gasteiger partial charge in [0.25, 0.3) is 0 Å². The normalized spacial score (nSPS) is 10.3. The predicted molar refractivity (Wildman–Crippen MR) is 77.7 cm³/mol. The van der Waals surface area contributed by atoms with E-state index in [2.05, 4.69) is 16.4 Å². The van der Waals surface area contributed by atoms with Crippen molar-refractivity contribution in [3.63, 3.8) is 0 Å². The lowest BCUT2D eigenvalue weighted by Crippen LogP contribution is -1.92. The molecule has 2 N–H and O–H groups in total. The van der Waals surface area contributed by atoms with Crippen molar-refractivity contribution in [2.75, 3.05) is 5.32 Å². The Hall–Kier alpha value is -2.44. The zero-order chi connectivity index (χ0) is 13.2. The highest BCUT2D eigenvalue weighted by molar-refractivity contribution is 6.30. The summed E-state index contributed by atoms with van der Waals surface area (Å²) in [6, 6.07) is 17.3. The molecule has 0 fully saturated rings. The second kappa shape index (κ2) is 4.68. The molecule has 0 radical (unpaired) electrons. The highest BCUT2D eigenvalue weighted by atomic mass is 35.5. The Morgan fingerprint density at radius 3 is 2.53 bits per heavy atom. The molecule has 2 aromatic carbocycles. The molecular formula is C15H10ClN3. The van der Waals surface area contributed by atoms with Gasteiger partial charge < -0.3 is 10.3 Å². The third kappa shape index (κ3) is 2.14. The molecular weight excluding hydrogens is 258 g/mol. The van der Waals surface area contributed by atoms with Crippen LogP contribution in [0.3, 0.4) is 0 Å². The summed E-state index contributed by atoms with van der Waals surface area (Å²) < 4.78 is 0. The Labute approximate surface area is 115 Å². The van der Waals surface area contributed by atoms with E-state index in [0.29, 0.717) is 16.4 Å². The third-order valence-corrected chi connectivity index (χ3v) is 3.18. The van der Waals surface area contributed by atoms with Crippen LogP contribution in [-0.2, 0) is 0 Å². The Bertz CT molecular complexity index is 766. The number of anilines is 2.